The topological polar surface area (TPSA) is 93.7 Å². The molecule has 9 heteroatoms. The molecule has 1 aromatic carbocycles. The van der Waals surface area contributed by atoms with E-state index in [9.17, 15) is 14.4 Å². The molecule has 2 N–H and O–H groups in total. The summed E-state index contributed by atoms with van der Waals surface area (Å²) in [6, 6.07) is 3.90. The van der Waals surface area contributed by atoms with Crippen LogP contribution in [0.15, 0.2) is 18.2 Å². The first kappa shape index (κ1) is 20.1. The van der Waals surface area contributed by atoms with Gasteiger partial charge in [0.25, 0.3) is 5.91 Å². The summed E-state index contributed by atoms with van der Waals surface area (Å²) in [4.78, 5) is 34.5. The number of rotatable bonds is 7. The second-order valence-corrected chi connectivity index (χ2v) is 5.59. The highest BCUT2D eigenvalue weighted by atomic mass is 35.5. The third-order valence-electron chi connectivity index (χ3n) is 2.66. The second-order valence-electron chi connectivity index (χ2n) is 4.75. The van der Waals surface area contributed by atoms with Gasteiger partial charge in [-0.3, -0.25) is 10.1 Å². The summed E-state index contributed by atoms with van der Waals surface area (Å²) in [5.74, 6) is -1.26. The normalized spacial score (nSPS) is 11.3. The molecule has 0 aromatic heterocycles. The maximum atomic E-state index is 11.8. The number of esters is 1. The number of urea groups is 1. The number of benzene rings is 1. The molecule has 0 bridgehead atoms. The molecule has 132 valence electrons. The Morgan fingerprint density at radius 2 is 1.96 bits per heavy atom. The summed E-state index contributed by atoms with van der Waals surface area (Å²) in [6.07, 6.45) is -0.260. The van der Waals surface area contributed by atoms with Gasteiger partial charge in [0.1, 0.15) is 5.75 Å². The minimum Gasteiger partial charge on any atom is -0.477 e. The van der Waals surface area contributed by atoms with E-state index in [-0.39, 0.29) is 10.8 Å². The maximum absolute atomic E-state index is 11.8. The van der Waals surface area contributed by atoms with E-state index in [0.29, 0.717) is 11.6 Å². The van der Waals surface area contributed by atoms with Gasteiger partial charge in [-0.05, 0) is 31.5 Å². The fourth-order valence-electron chi connectivity index (χ4n) is 1.51. The Morgan fingerprint density at radius 1 is 1.25 bits per heavy atom. The van der Waals surface area contributed by atoms with Crippen molar-refractivity contribution in [3.8, 4) is 5.75 Å². The molecule has 0 aliphatic carbocycles. The van der Waals surface area contributed by atoms with Crippen LogP contribution in [-0.2, 0) is 14.3 Å². The molecule has 0 heterocycles. The van der Waals surface area contributed by atoms with Crippen LogP contribution in [0.3, 0.4) is 0 Å². The van der Waals surface area contributed by atoms with E-state index in [0.717, 1.165) is 6.42 Å². The molecule has 0 aliphatic rings. The summed E-state index contributed by atoms with van der Waals surface area (Å²) < 4.78 is 10.1. The fourth-order valence-corrected chi connectivity index (χ4v) is 1.96. The second kappa shape index (κ2) is 10.00. The van der Waals surface area contributed by atoms with Crippen molar-refractivity contribution >= 4 is 41.1 Å². The Hall–Kier alpha value is -1.99. The number of hydrogen-bond acceptors (Lipinski definition) is 5. The molecule has 0 spiro atoms. The van der Waals surface area contributed by atoms with Crippen molar-refractivity contribution in [2.24, 2.45) is 0 Å². The average Bonchev–Trinajstić information content (AvgIpc) is 2.53. The zero-order valence-corrected chi connectivity index (χ0v) is 14.7. The fraction of sp³-hybridized carbons (Fsp3) is 0.400. The smallest absolute Gasteiger partial charge is 0.347 e. The summed E-state index contributed by atoms with van der Waals surface area (Å²) in [6.45, 7) is 3.16. The molecule has 1 aromatic rings. The Labute approximate surface area is 149 Å². The summed E-state index contributed by atoms with van der Waals surface area (Å²) >= 11 is 11.7. The Morgan fingerprint density at radius 3 is 2.58 bits per heavy atom. The van der Waals surface area contributed by atoms with Crippen LogP contribution in [0.5, 0.6) is 5.75 Å². The molecule has 1 rings (SSSR count). The zero-order chi connectivity index (χ0) is 18.1. The van der Waals surface area contributed by atoms with E-state index in [4.69, 9.17) is 32.7 Å². The molecule has 3 amide bonds. The van der Waals surface area contributed by atoms with Crippen molar-refractivity contribution in [1.29, 1.82) is 0 Å². The number of ether oxygens (including phenoxy) is 2. The van der Waals surface area contributed by atoms with Crippen LogP contribution in [0.25, 0.3) is 0 Å². The molecule has 0 unspecified atom stereocenters. The molecule has 0 aliphatic heterocycles. The number of imide groups is 1. The van der Waals surface area contributed by atoms with Gasteiger partial charge in [-0.1, -0.05) is 30.1 Å². The SMILES string of the molecule is CCCNC(=O)NC(=O)COC(=O)[C@H](C)Oc1ccc(Cl)cc1Cl. The largest absolute Gasteiger partial charge is 0.477 e. The Kier molecular flexibility index (Phi) is 8.35. The standard InChI is InChI=1S/C15H18Cl2N2O5/c1-3-6-18-15(22)19-13(20)8-23-14(21)9(2)24-12-5-4-10(16)7-11(12)17/h4-5,7,9H,3,6,8H2,1-2H3,(H2,18,19,20,22)/t9-/m0/s1. The quantitative estimate of drug-likeness (QED) is 0.713. The average molecular weight is 377 g/mol. The third-order valence-corrected chi connectivity index (χ3v) is 3.19. The van der Waals surface area contributed by atoms with Gasteiger partial charge in [-0.15, -0.1) is 0 Å². The van der Waals surface area contributed by atoms with Crippen molar-refractivity contribution in [3.05, 3.63) is 28.2 Å². The number of amides is 3. The molecule has 0 saturated carbocycles. The highest BCUT2D eigenvalue weighted by Gasteiger charge is 2.19. The molecule has 24 heavy (non-hydrogen) atoms. The van der Waals surface area contributed by atoms with E-state index in [1.165, 1.54) is 19.1 Å². The molecule has 0 fully saturated rings. The minimum absolute atomic E-state index is 0.243. The van der Waals surface area contributed by atoms with Gasteiger partial charge in [0, 0.05) is 11.6 Å². The number of nitrogens with one attached hydrogen (secondary N) is 2. The van der Waals surface area contributed by atoms with E-state index in [1.54, 1.807) is 6.07 Å². The molecule has 7 nitrogen and oxygen atoms in total. The van der Waals surface area contributed by atoms with Crippen molar-refractivity contribution in [1.82, 2.24) is 10.6 Å². The van der Waals surface area contributed by atoms with Crippen LogP contribution in [-0.4, -0.2) is 37.2 Å². The van der Waals surface area contributed by atoms with E-state index >= 15 is 0 Å². The van der Waals surface area contributed by atoms with Crippen molar-refractivity contribution in [2.45, 2.75) is 26.4 Å². The first-order chi connectivity index (χ1) is 11.3. The van der Waals surface area contributed by atoms with Gasteiger partial charge in [0.15, 0.2) is 12.7 Å². The van der Waals surface area contributed by atoms with Gasteiger partial charge in [0.05, 0.1) is 5.02 Å². The maximum Gasteiger partial charge on any atom is 0.347 e. The van der Waals surface area contributed by atoms with Crippen molar-refractivity contribution in [2.75, 3.05) is 13.2 Å². The highest BCUT2D eigenvalue weighted by Crippen LogP contribution is 2.28. The van der Waals surface area contributed by atoms with Crippen LogP contribution in [0.2, 0.25) is 10.0 Å². The number of carbonyl (C=O) groups excluding carboxylic acids is 3. The van der Waals surface area contributed by atoms with Crippen molar-refractivity contribution in [3.63, 3.8) is 0 Å². The molecule has 0 radical (unpaired) electrons. The summed E-state index contributed by atoms with van der Waals surface area (Å²) in [7, 11) is 0. The van der Waals surface area contributed by atoms with Crippen LogP contribution < -0.4 is 15.4 Å². The lowest BCUT2D eigenvalue weighted by Crippen LogP contribution is -2.42. The Bertz CT molecular complexity index is 610. The van der Waals surface area contributed by atoms with E-state index in [2.05, 4.69) is 5.32 Å². The monoisotopic (exact) mass is 376 g/mol. The highest BCUT2D eigenvalue weighted by molar-refractivity contribution is 6.35. The molecular weight excluding hydrogens is 359 g/mol. The van der Waals surface area contributed by atoms with Crippen LogP contribution in [0.4, 0.5) is 4.79 Å². The summed E-state index contributed by atoms with van der Waals surface area (Å²) in [5, 5.41) is 5.16. The number of halogens is 2. The lowest BCUT2D eigenvalue weighted by molar-refractivity contribution is -0.154. The Balaban J connectivity index is 2.41. The minimum atomic E-state index is -0.995. The predicted octanol–water partition coefficient (Wildman–Crippen LogP) is 2.54. The van der Waals surface area contributed by atoms with Crippen LogP contribution in [0.1, 0.15) is 20.3 Å². The first-order valence-electron chi connectivity index (χ1n) is 7.19. The molecule has 1 atom stereocenters. The third kappa shape index (κ3) is 7.06. The van der Waals surface area contributed by atoms with Gasteiger partial charge in [-0.2, -0.15) is 0 Å². The van der Waals surface area contributed by atoms with E-state index in [1.807, 2.05) is 12.2 Å². The first-order valence-corrected chi connectivity index (χ1v) is 7.95. The number of hydrogen-bond donors (Lipinski definition) is 2. The lowest BCUT2D eigenvalue weighted by atomic mass is 10.3. The van der Waals surface area contributed by atoms with Crippen LogP contribution >= 0.6 is 23.2 Å². The van der Waals surface area contributed by atoms with E-state index < -0.39 is 30.6 Å². The molecule has 0 saturated heterocycles. The van der Waals surface area contributed by atoms with Gasteiger partial charge < -0.3 is 14.8 Å². The summed E-state index contributed by atoms with van der Waals surface area (Å²) in [5.41, 5.74) is 0. The predicted molar refractivity (Wildman–Crippen MR) is 89.3 cm³/mol. The lowest BCUT2D eigenvalue weighted by Gasteiger charge is -2.15. The van der Waals surface area contributed by atoms with Gasteiger partial charge >= 0.3 is 12.0 Å². The molecular formula is C15H18Cl2N2O5. The van der Waals surface area contributed by atoms with Gasteiger partial charge in [0.2, 0.25) is 0 Å². The zero-order valence-electron chi connectivity index (χ0n) is 13.2. The van der Waals surface area contributed by atoms with Crippen LogP contribution in [0, 0.1) is 0 Å². The van der Waals surface area contributed by atoms with Gasteiger partial charge in [-0.25, -0.2) is 9.59 Å². The van der Waals surface area contributed by atoms with Crippen molar-refractivity contribution < 1.29 is 23.9 Å². The number of carbonyl (C=O) groups is 3.